The number of ether oxygens (including phenoxy) is 2. The number of primary amides is 1. The highest BCUT2D eigenvalue weighted by Crippen LogP contribution is 2.32. The summed E-state index contributed by atoms with van der Waals surface area (Å²) in [4.78, 5) is 117. The van der Waals surface area contributed by atoms with E-state index in [9.17, 15) is 43.5 Å². The molecule has 2 saturated heterocycles. The van der Waals surface area contributed by atoms with Crippen LogP contribution in [0.3, 0.4) is 0 Å². The van der Waals surface area contributed by atoms with Crippen molar-refractivity contribution in [3.63, 3.8) is 0 Å². The summed E-state index contributed by atoms with van der Waals surface area (Å²) in [6.07, 6.45) is 0.368. The first-order valence-electron chi connectivity index (χ1n) is 26.0. The zero-order valence-corrected chi connectivity index (χ0v) is 46.2. The van der Waals surface area contributed by atoms with E-state index in [2.05, 4.69) is 26.3 Å². The number of aliphatic hydroxyl groups excluding tert-OH is 1. The topological polar surface area (TPSA) is 272 Å². The van der Waals surface area contributed by atoms with Crippen LogP contribution in [-0.4, -0.2) is 140 Å². The predicted molar refractivity (Wildman–Crippen MR) is 285 cm³/mol. The molecule has 2 fully saturated rings. The zero-order valence-electron chi connectivity index (χ0n) is 45.4. The average molecular weight is 1090 g/mol. The molecule has 6 rings (SSSR count). The number of likely N-dealkylation sites (tertiary alicyclic amines) is 1. The molecule has 20 nitrogen and oxygen atoms in total. The molecule has 3 aromatic rings. The van der Waals surface area contributed by atoms with E-state index in [4.69, 9.17) is 15.2 Å². The Morgan fingerprint density at radius 3 is 2.29 bits per heavy atom. The molecule has 8 amide bonds. The number of aryl methyl sites for hydroxylation is 2. The Morgan fingerprint density at radius 1 is 0.948 bits per heavy atom. The number of carbonyl (C=O) groups is 8. The zero-order chi connectivity index (χ0) is 56.5. The van der Waals surface area contributed by atoms with Gasteiger partial charge in [0.1, 0.15) is 36.4 Å². The number of nitrogens with zero attached hydrogens (tertiary/aromatic N) is 4. The first-order chi connectivity index (χ1) is 36.2. The number of carbonyl (C=O) groups excluding carboxylic acids is 8. The van der Waals surface area contributed by atoms with Crippen molar-refractivity contribution in [1.82, 2.24) is 41.0 Å². The van der Waals surface area contributed by atoms with Gasteiger partial charge in [0.25, 0.3) is 5.91 Å². The van der Waals surface area contributed by atoms with Crippen LogP contribution in [0.4, 0.5) is 9.18 Å². The van der Waals surface area contributed by atoms with Crippen LogP contribution in [-0.2, 0) is 44.7 Å². The van der Waals surface area contributed by atoms with Gasteiger partial charge in [0.2, 0.25) is 35.4 Å². The third-order valence-corrected chi connectivity index (χ3v) is 14.7. The van der Waals surface area contributed by atoms with Gasteiger partial charge < -0.3 is 56.3 Å². The minimum Gasteiger partial charge on any atom is -0.488 e. The van der Waals surface area contributed by atoms with E-state index in [-0.39, 0.29) is 94.8 Å². The van der Waals surface area contributed by atoms with Crippen LogP contribution in [0.5, 0.6) is 5.75 Å². The minimum absolute atomic E-state index is 0.0162. The van der Waals surface area contributed by atoms with Crippen molar-refractivity contribution >= 4 is 58.8 Å². The maximum Gasteiger partial charge on any atom is 0.408 e. The molecule has 4 heterocycles. The average Bonchev–Trinajstić information content (AvgIpc) is 4.12. The van der Waals surface area contributed by atoms with Crippen LogP contribution in [0.2, 0.25) is 0 Å². The molecule has 7 atom stereocenters. The van der Waals surface area contributed by atoms with Gasteiger partial charge >= 0.3 is 6.09 Å². The maximum atomic E-state index is 16.1. The van der Waals surface area contributed by atoms with Gasteiger partial charge in [-0.1, -0.05) is 63.2 Å². The van der Waals surface area contributed by atoms with Crippen molar-refractivity contribution in [2.24, 2.45) is 11.1 Å². The number of rotatable bonds is 19. The normalized spacial score (nSPS) is 19.9. The Labute approximate surface area is 453 Å². The number of fused-ring (bicyclic) bond motifs is 1. The molecule has 0 unspecified atom stereocenters. The van der Waals surface area contributed by atoms with Crippen LogP contribution in [0.1, 0.15) is 123 Å². The van der Waals surface area contributed by atoms with E-state index >= 15 is 4.39 Å². The lowest BCUT2D eigenvalue weighted by atomic mass is 9.85. The van der Waals surface area contributed by atoms with Crippen LogP contribution >= 0.6 is 11.3 Å². The number of alkyl carbamates (subject to hydrolysis) is 1. The Morgan fingerprint density at radius 2 is 1.65 bits per heavy atom. The van der Waals surface area contributed by atoms with Gasteiger partial charge in [-0.3, -0.25) is 33.6 Å². The molecule has 1 aromatic heterocycles. The Hall–Kier alpha value is -6.94. The van der Waals surface area contributed by atoms with E-state index in [1.165, 1.54) is 27.7 Å². The van der Waals surface area contributed by atoms with Crippen LogP contribution in [0, 0.1) is 18.2 Å². The minimum atomic E-state index is -1.25. The van der Waals surface area contributed by atoms with Crippen molar-refractivity contribution in [1.29, 1.82) is 0 Å². The van der Waals surface area contributed by atoms with Gasteiger partial charge in [0.05, 0.1) is 40.8 Å². The molecule has 0 radical (unpaired) electrons. The van der Waals surface area contributed by atoms with Crippen LogP contribution in [0.15, 0.2) is 59.7 Å². The van der Waals surface area contributed by atoms with Gasteiger partial charge in [0, 0.05) is 51.4 Å². The van der Waals surface area contributed by atoms with Gasteiger partial charge in [-0.2, -0.15) is 0 Å². The highest BCUT2D eigenvalue weighted by molar-refractivity contribution is 7.13. The first-order valence-corrected chi connectivity index (χ1v) is 26.9. The molecule has 0 saturated carbocycles. The summed E-state index contributed by atoms with van der Waals surface area (Å²) in [6, 6.07) is 6.68. The predicted octanol–water partition coefficient (Wildman–Crippen LogP) is 4.71. The van der Waals surface area contributed by atoms with Crippen LogP contribution in [0.25, 0.3) is 10.4 Å². The van der Waals surface area contributed by atoms with Crippen LogP contribution < -0.4 is 31.7 Å². The highest BCUT2D eigenvalue weighted by Gasteiger charge is 2.46. The molecule has 418 valence electrons. The fraction of sp³-hybridized carbons (Fsp3) is 0.545. The molecule has 3 aliphatic heterocycles. The number of halogens is 1. The second-order valence-corrected chi connectivity index (χ2v) is 22.9. The summed E-state index contributed by atoms with van der Waals surface area (Å²) in [5.74, 6) is -4.45. The molecule has 7 N–H and O–H groups in total. The van der Waals surface area contributed by atoms with Crippen molar-refractivity contribution in [2.45, 2.75) is 162 Å². The highest BCUT2D eigenvalue weighted by atomic mass is 32.1. The summed E-state index contributed by atoms with van der Waals surface area (Å²) in [5.41, 5.74) is 9.10. The molecule has 3 aliphatic rings. The molecular formula is C55H74FN9O11S. The number of hydrogen-bond acceptors (Lipinski definition) is 13. The van der Waals surface area contributed by atoms with E-state index in [0.29, 0.717) is 5.70 Å². The van der Waals surface area contributed by atoms with E-state index in [1.807, 2.05) is 38.1 Å². The van der Waals surface area contributed by atoms with E-state index in [0.717, 1.165) is 21.7 Å². The fourth-order valence-electron chi connectivity index (χ4n) is 9.59. The van der Waals surface area contributed by atoms with Crippen molar-refractivity contribution < 1.29 is 57.3 Å². The fourth-order valence-corrected chi connectivity index (χ4v) is 10.4. The van der Waals surface area contributed by atoms with Gasteiger partial charge in [-0.25, -0.2) is 14.2 Å². The van der Waals surface area contributed by atoms with Gasteiger partial charge in [-0.15, -0.1) is 11.3 Å². The lowest BCUT2D eigenvalue weighted by molar-refractivity contribution is -0.144. The standard InChI is InChI=1S/C55H74FN9O11S/c1-31(34-16-18-36(19-17-34)47-32(2)58-30-77-47)59-50(71)42-26-39(67)27-64(42)52(73)48(54(4,5)6)62-45(69)15-11-13-35-12-10-14-43(46(35)56)75-29-37(20-23-44(57)68)60-49(70)41-22-21-38-24-25-63(33(3)66)28-40(51(72)65(38)41)61-53(74)76-55(7,8)9/h10,12,14,16-19,21,30-31,37,39-42,48,67H,11,13,15,20,22-29H2,1-9H3,(H2,57,68)(H,59,71)(H,60,70)(H,61,74)(H,62,69)/t31-,37-,39+,40-,41-,42-,48+/m0/s1. The number of nitrogens with two attached hydrogens (primary N) is 1. The quantitative estimate of drug-likeness (QED) is 0.0953. The third-order valence-electron chi connectivity index (χ3n) is 13.7. The first kappa shape index (κ1) is 59.3. The lowest BCUT2D eigenvalue weighted by Gasteiger charge is -2.37. The van der Waals surface area contributed by atoms with E-state index in [1.54, 1.807) is 76.6 Å². The largest absolute Gasteiger partial charge is 0.488 e. The summed E-state index contributed by atoms with van der Waals surface area (Å²) in [5, 5.41) is 22.0. The van der Waals surface area contributed by atoms with Crippen molar-refractivity contribution in [2.75, 3.05) is 26.2 Å². The smallest absolute Gasteiger partial charge is 0.408 e. The number of β-amino-alcohol motifs (C(OH)–C–C–N with tert-alkyl or cyclic N) is 1. The molecule has 77 heavy (non-hydrogen) atoms. The molecule has 0 spiro atoms. The Balaban J connectivity index is 1.04. The SMILES string of the molecule is CC(=O)N1CCC2=CC[C@@H](C(=O)N[C@@H](CCC(N)=O)COc3cccc(CCCC(=O)N[C@H](C(=O)N4C[C@H](O)C[C@H]4C(=O)N[C@@H](C)c4ccc(-c5scnc5C)cc4)C(C)(C)C)c3F)N2C(=O)[C@@H](NC(=O)OC(C)(C)C)C1. The van der Waals surface area contributed by atoms with Gasteiger partial charge in [0.15, 0.2) is 11.6 Å². The summed E-state index contributed by atoms with van der Waals surface area (Å²) in [7, 11) is 0. The summed E-state index contributed by atoms with van der Waals surface area (Å²) in [6.45, 7) is 15.2. The molecule has 0 bridgehead atoms. The number of hydrogen-bond donors (Lipinski definition) is 6. The Kier molecular flexibility index (Phi) is 19.6. The number of thiazole rings is 1. The van der Waals surface area contributed by atoms with Gasteiger partial charge in [-0.05, 0) is 88.5 Å². The summed E-state index contributed by atoms with van der Waals surface area (Å²) >= 11 is 1.54. The third kappa shape index (κ3) is 15.8. The number of amides is 8. The van der Waals surface area contributed by atoms with Crippen molar-refractivity contribution in [3.8, 4) is 16.2 Å². The number of aromatic nitrogens is 1. The number of aliphatic hydroxyl groups is 1. The van der Waals surface area contributed by atoms with E-state index < -0.39 is 101 Å². The second-order valence-electron chi connectivity index (χ2n) is 22.1. The number of nitrogens with one attached hydrogen (secondary N) is 4. The molecular weight excluding hydrogens is 1010 g/mol. The lowest BCUT2D eigenvalue weighted by Crippen LogP contribution is -2.59. The Bertz CT molecular complexity index is 2700. The van der Waals surface area contributed by atoms with Crippen molar-refractivity contribution in [3.05, 3.63) is 82.4 Å². The maximum absolute atomic E-state index is 16.1. The second kappa shape index (κ2) is 25.5. The summed E-state index contributed by atoms with van der Waals surface area (Å²) < 4.78 is 27.4. The monoisotopic (exact) mass is 1090 g/mol. The molecule has 0 aliphatic carbocycles. The number of benzene rings is 2. The molecule has 2 aromatic carbocycles. The molecule has 22 heteroatoms.